The van der Waals surface area contributed by atoms with Crippen LogP contribution in [0.2, 0.25) is 0 Å². The molecule has 0 saturated heterocycles. The third-order valence-electron chi connectivity index (χ3n) is 4.53. The van der Waals surface area contributed by atoms with Crippen LogP contribution in [0.1, 0.15) is 23.9 Å². The zero-order chi connectivity index (χ0) is 19.5. The minimum absolute atomic E-state index is 0.486. The van der Waals surface area contributed by atoms with Crippen LogP contribution in [0.5, 0.6) is 0 Å². The molecule has 0 aliphatic carbocycles. The van der Waals surface area contributed by atoms with E-state index in [4.69, 9.17) is 4.42 Å². The molecule has 0 saturated carbocycles. The Hall–Kier alpha value is -3.47. The van der Waals surface area contributed by atoms with Crippen molar-refractivity contribution in [1.29, 1.82) is 0 Å². The highest BCUT2D eigenvalue weighted by atomic mass is 16.3. The van der Waals surface area contributed by atoms with Crippen molar-refractivity contribution in [3.05, 3.63) is 83.0 Å². The summed E-state index contributed by atoms with van der Waals surface area (Å²) in [6.07, 6.45) is 0.948. The van der Waals surface area contributed by atoms with Gasteiger partial charge in [-0.2, -0.15) is 5.10 Å². The summed E-state index contributed by atoms with van der Waals surface area (Å²) in [4.78, 5) is 8.81. The second-order valence-electron chi connectivity index (χ2n) is 6.74. The normalized spacial score (nSPS) is 11.8. The Balaban J connectivity index is 1.88. The van der Waals surface area contributed by atoms with E-state index in [1.165, 1.54) is 5.56 Å². The van der Waals surface area contributed by atoms with Gasteiger partial charge in [0.15, 0.2) is 0 Å². The van der Waals surface area contributed by atoms with Gasteiger partial charge in [-0.15, -0.1) is 0 Å². The molecule has 0 bridgehead atoms. The number of hydrogen-bond donors (Lipinski definition) is 1. The van der Waals surface area contributed by atoms with Gasteiger partial charge in [-0.05, 0) is 44.0 Å². The maximum Gasteiger partial charge on any atom is 0.243 e. The smallest absolute Gasteiger partial charge is 0.243 e. The zero-order valence-electron chi connectivity index (χ0n) is 16.2. The van der Waals surface area contributed by atoms with E-state index in [2.05, 4.69) is 39.6 Å². The Morgan fingerprint density at radius 2 is 1.68 bits per heavy atom. The van der Waals surface area contributed by atoms with Crippen molar-refractivity contribution < 1.29 is 4.42 Å². The lowest BCUT2D eigenvalue weighted by atomic mass is 10.1. The van der Waals surface area contributed by atoms with E-state index in [1.54, 1.807) is 0 Å². The van der Waals surface area contributed by atoms with Gasteiger partial charge in [-0.25, -0.2) is 15.4 Å². The van der Waals surface area contributed by atoms with E-state index in [0.717, 1.165) is 45.5 Å². The fraction of sp³-hybridized carbons (Fsp3) is 0.174. The molecule has 5 nitrogen and oxygen atoms in total. The molecule has 0 unspecified atom stereocenters. The summed E-state index contributed by atoms with van der Waals surface area (Å²) in [7, 11) is 0. The number of nitrogens with one attached hydrogen (secondary N) is 1. The first-order chi connectivity index (χ1) is 13.6. The molecule has 0 amide bonds. The molecular weight excluding hydrogens is 348 g/mol. The third kappa shape index (κ3) is 3.78. The predicted octanol–water partition coefficient (Wildman–Crippen LogP) is 5.00. The second kappa shape index (κ2) is 7.64. The quantitative estimate of drug-likeness (QED) is 0.514. The summed E-state index contributed by atoms with van der Waals surface area (Å²) in [5.74, 6) is 1.25. The Morgan fingerprint density at radius 1 is 0.929 bits per heavy atom. The predicted molar refractivity (Wildman–Crippen MR) is 112 cm³/mol. The summed E-state index contributed by atoms with van der Waals surface area (Å²) in [5.41, 5.74) is 7.84. The minimum Gasteiger partial charge on any atom is -0.456 e. The molecule has 1 N–H and O–H groups in total. The lowest BCUT2D eigenvalue weighted by Crippen LogP contribution is -2.09. The summed E-state index contributed by atoms with van der Waals surface area (Å²) in [6.45, 7) is 6.02. The van der Waals surface area contributed by atoms with Crippen LogP contribution in [0, 0.1) is 13.8 Å². The van der Waals surface area contributed by atoms with E-state index >= 15 is 0 Å². The van der Waals surface area contributed by atoms with Crippen LogP contribution in [0.3, 0.4) is 0 Å². The fourth-order valence-electron chi connectivity index (χ4n) is 3.16. The number of aryl methyl sites for hydroxylation is 3. The summed E-state index contributed by atoms with van der Waals surface area (Å²) >= 11 is 0. The standard InChI is InChI=1S/C23H22N4O/c1-4-17-10-11-21-19(13-17)20(14-22(28-21)18-8-6-5-7-9-18)26-27-23-24-15(2)12-16(3)25-23/h5-14H,4H2,1-3H3,(H,24,25,27)/b26-20-. The van der Waals surface area contributed by atoms with Gasteiger partial charge in [0.2, 0.25) is 5.95 Å². The van der Waals surface area contributed by atoms with Crippen molar-refractivity contribution >= 4 is 16.9 Å². The van der Waals surface area contributed by atoms with Crippen LogP contribution in [-0.4, -0.2) is 9.97 Å². The molecular formula is C23H22N4O. The Labute approximate surface area is 163 Å². The number of hydrogen-bond acceptors (Lipinski definition) is 5. The molecule has 2 aromatic heterocycles. The topological polar surface area (TPSA) is 63.3 Å². The Morgan fingerprint density at radius 3 is 2.39 bits per heavy atom. The third-order valence-corrected chi connectivity index (χ3v) is 4.53. The molecule has 4 aromatic rings. The lowest BCUT2D eigenvalue weighted by Gasteiger charge is -2.07. The van der Waals surface area contributed by atoms with E-state index in [0.29, 0.717) is 5.95 Å². The zero-order valence-corrected chi connectivity index (χ0v) is 16.2. The van der Waals surface area contributed by atoms with E-state index in [-0.39, 0.29) is 0 Å². The van der Waals surface area contributed by atoms with E-state index in [1.807, 2.05) is 62.4 Å². The van der Waals surface area contributed by atoms with Gasteiger partial charge >= 0.3 is 0 Å². The van der Waals surface area contributed by atoms with Crippen LogP contribution in [0.15, 0.2) is 70.2 Å². The molecule has 2 heterocycles. The van der Waals surface area contributed by atoms with E-state index < -0.39 is 0 Å². The molecule has 5 heteroatoms. The Bertz CT molecular complexity index is 1180. The van der Waals surface area contributed by atoms with Gasteiger partial charge in [0.1, 0.15) is 11.3 Å². The summed E-state index contributed by atoms with van der Waals surface area (Å²) in [5, 5.41) is 6.36. The maximum atomic E-state index is 6.16. The van der Waals surface area contributed by atoms with Crippen LogP contribution < -0.4 is 10.8 Å². The molecule has 0 spiro atoms. The van der Waals surface area contributed by atoms with Gasteiger partial charge < -0.3 is 4.42 Å². The maximum absolute atomic E-state index is 6.16. The SMILES string of the molecule is CCc1ccc2oc(-c3ccccc3)c/c(=N/Nc3nc(C)cc(C)n3)c2c1. The first kappa shape index (κ1) is 17.9. The molecule has 0 aliphatic heterocycles. The Kier molecular flexibility index (Phi) is 4.89. The number of aromatic nitrogens is 2. The van der Waals surface area contributed by atoms with Crippen molar-refractivity contribution in [2.75, 3.05) is 5.43 Å². The highest BCUT2D eigenvalue weighted by Crippen LogP contribution is 2.22. The van der Waals surface area contributed by atoms with Crippen molar-refractivity contribution in [2.24, 2.45) is 5.10 Å². The number of nitrogens with zero attached hydrogens (tertiary/aromatic N) is 3. The molecule has 0 aliphatic rings. The van der Waals surface area contributed by atoms with E-state index in [9.17, 15) is 0 Å². The van der Waals surface area contributed by atoms with Gasteiger partial charge in [0, 0.05) is 28.4 Å². The van der Waals surface area contributed by atoms with Gasteiger partial charge in [0.25, 0.3) is 0 Å². The van der Waals surface area contributed by atoms with Crippen LogP contribution in [-0.2, 0) is 6.42 Å². The van der Waals surface area contributed by atoms with Crippen molar-refractivity contribution in [3.63, 3.8) is 0 Å². The summed E-state index contributed by atoms with van der Waals surface area (Å²) < 4.78 is 6.16. The highest BCUT2D eigenvalue weighted by Gasteiger charge is 2.07. The number of benzene rings is 2. The van der Waals surface area contributed by atoms with Crippen molar-refractivity contribution in [2.45, 2.75) is 27.2 Å². The number of fused-ring (bicyclic) bond motifs is 1. The second-order valence-corrected chi connectivity index (χ2v) is 6.74. The molecule has 2 aromatic carbocycles. The average molecular weight is 370 g/mol. The first-order valence-electron chi connectivity index (χ1n) is 9.36. The van der Waals surface area contributed by atoms with Gasteiger partial charge in [-0.1, -0.05) is 43.3 Å². The highest BCUT2D eigenvalue weighted by molar-refractivity contribution is 5.79. The van der Waals surface area contributed by atoms with Crippen LogP contribution in [0.25, 0.3) is 22.3 Å². The van der Waals surface area contributed by atoms with Crippen LogP contribution >= 0.6 is 0 Å². The lowest BCUT2D eigenvalue weighted by molar-refractivity contribution is 0.618. The molecule has 4 rings (SSSR count). The van der Waals surface area contributed by atoms with Crippen molar-refractivity contribution in [3.8, 4) is 11.3 Å². The average Bonchev–Trinajstić information content (AvgIpc) is 2.71. The fourth-order valence-corrected chi connectivity index (χ4v) is 3.16. The van der Waals surface area contributed by atoms with Crippen molar-refractivity contribution in [1.82, 2.24) is 9.97 Å². The van der Waals surface area contributed by atoms with Crippen LogP contribution in [0.4, 0.5) is 5.95 Å². The largest absolute Gasteiger partial charge is 0.456 e. The summed E-state index contributed by atoms with van der Waals surface area (Å²) in [6, 6.07) is 20.1. The molecule has 0 atom stereocenters. The molecule has 0 fully saturated rings. The van der Waals surface area contributed by atoms with Gasteiger partial charge in [0.05, 0.1) is 5.36 Å². The first-order valence-corrected chi connectivity index (χ1v) is 9.36. The molecule has 140 valence electrons. The van der Waals surface area contributed by atoms with Gasteiger partial charge in [-0.3, -0.25) is 0 Å². The number of rotatable bonds is 4. The monoisotopic (exact) mass is 370 g/mol. The number of anilines is 1. The minimum atomic E-state index is 0.486. The molecule has 28 heavy (non-hydrogen) atoms. The molecule has 0 radical (unpaired) electrons.